The summed E-state index contributed by atoms with van der Waals surface area (Å²) in [4.78, 5) is 19.4. The van der Waals surface area contributed by atoms with Crippen LogP contribution in [-0.4, -0.2) is 11.0 Å². The minimum absolute atomic E-state index is 0.0966. The standard InChI is InChI=1S/C26H25F6N2O2/c1-23(2,24(3,4)34-13-9-8-12-20(34)22(35)36-32)18-11-7-6-10-17(18)19-14-16(26(29,30)31)15-21(33-19)25(5,27)28/h6-15H,1-5H3/q+1. The lowest BCUT2D eigenvalue weighted by Gasteiger charge is -2.38. The molecule has 192 valence electrons. The van der Waals surface area contributed by atoms with Gasteiger partial charge in [0.2, 0.25) is 0 Å². The Hall–Kier alpha value is -3.43. The topological polar surface area (TPSA) is 43.1 Å². The minimum atomic E-state index is -4.87. The molecule has 2 aromatic heterocycles. The summed E-state index contributed by atoms with van der Waals surface area (Å²) in [6.45, 7) is 7.54. The summed E-state index contributed by atoms with van der Waals surface area (Å²) < 4.78 is 83.3. The van der Waals surface area contributed by atoms with Crippen LogP contribution in [0.1, 0.15) is 61.9 Å². The predicted molar refractivity (Wildman–Crippen MR) is 120 cm³/mol. The number of aromatic nitrogens is 2. The first-order chi connectivity index (χ1) is 16.5. The highest BCUT2D eigenvalue weighted by Gasteiger charge is 2.50. The quantitative estimate of drug-likeness (QED) is 0.267. The molecule has 0 unspecified atom stereocenters. The van der Waals surface area contributed by atoms with Crippen molar-refractivity contribution in [1.29, 1.82) is 0 Å². The summed E-state index contributed by atoms with van der Waals surface area (Å²) in [5.41, 5.74) is -3.92. The Balaban J connectivity index is 2.28. The molecule has 0 N–H and O–H groups in total. The average Bonchev–Trinajstić information content (AvgIpc) is 2.82. The first-order valence-electron chi connectivity index (χ1n) is 10.9. The highest BCUT2D eigenvalue weighted by Crippen LogP contribution is 2.43. The lowest BCUT2D eigenvalue weighted by molar-refractivity contribution is -0.769. The lowest BCUT2D eigenvalue weighted by Crippen LogP contribution is -2.64. The molecule has 0 amide bonds. The van der Waals surface area contributed by atoms with Crippen molar-refractivity contribution in [3.05, 3.63) is 83.3 Å². The van der Waals surface area contributed by atoms with Crippen molar-refractivity contribution >= 4 is 5.97 Å². The first kappa shape index (κ1) is 27.2. The van der Waals surface area contributed by atoms with Gasteiger partial charge in [0.05, 0.1) is 16.7 Å². The monoisotopic (exact) mass is 511 g/mol. The SMILES string of the molecule is CC(F)(F)c1cc(C(F)(F)F)cc(-c2ccccc2C(C)(C)C(C)(C)[n+]2ccccc2C(=O)OF)n1. The maximum Gasteiger partial charge on any atom is 0.442 e. The van der Waals surface area contributed by atoms with Gasteiger partial charge < -0.3 is 0 Å². The van der Waals surface area contributed by atoms with Crippen LogP contribution in [0.25, 0.3) is 11.3 Å². The maximum atomic E-state index is 14.1. The van der Waals surface area contributed by atoms with Gasteiger partial charge in [-0.2, -0.15) is 26.5 Å². The van der Waals surface area contributed by atoms with Crippen LogP contribution in [0.2, 0.25) is 0 Å². The predicted octanol–water partition coefficient (Wildman–Crippen LogP) is 6.92. The van der Waals surface area contributed by atoms with E-state index in [0.29, 0.717) is 18.6 Å². The number of halogens is 6. The number of pyridine rings is 2. The van der Waals surface area contributed by atoms with Crippen LogP contribution < -0.4 is 4.57 Å². The molecule has 0 aliphatic heterocycles. The van der Waals surface area contributed by atoms with Crippen LogP contribution >= 0.6 is 0 Å². The van der Waals surface area contributed by atoms with Crippen LogP contribution in [0.5, 0.6) is 0 Å². The molecule has 0 aliphatic rings. The second-order valence-corrected chi connectivity index (χ2v) is 9.56. The fourth-order valence-corrected chi connectivity index (χ4v) is 4.08. The summed E-state index contributed by atoms with van der Waals surface area (Å²) in [6.07, 6.45) is -3.32. The second-order valence-electron chi connectivity index (χ2n) is 9.56. The van der Waals surface area contributed by atoms with Gasteiger partial charge in [0.25, 0.3) is 11.6 Å². The van der Waals surface area contributed by atoms with E-state index in [-0.39, 0.29) is 17.0 Å². The highest BCUT2D eigenvalue weighted by molar-refractivity contribution is 5.85. The zero-order valence-electron chi connectivity index (χ0n) is 20.3. The molecule has 10 heteroatoms. The van der Waals surface area contributed by atoms with Crippen molar-refractivity contribution in [3.63, 3.8) is 0 Å². The Labute approximate surface area is 204 Å². The third-order valence-electron chi connectivity index (χ3n) is 6.75. The van der Waals surface area contributed by atoms with E-state index in [1.165, 1.54) is 22.8 Å². The van der Waals surface area contributed by atoms with Gasteiger partial charge in [-0.3, -0.25) is 0 Å². The molecule has 0 atom stereocenters. The first-order valence-corrected chi connectivity index (χ1v) is 10.9. The summed E-state index contributed by atoms with van der Waals surface area (Å²) in [6, 6.07) is 12.0. The number of nitrogens with zero attached hydrogens (tertiary/aromatic N) is 2. The third-order valence-corrected chi connectivity index (χ3v) is 6.75. The van der Waals surface area contributed by atoms with E-state index in [4.69, 9.17) is 0 Å². The highest BCUT2D eigenvalue weighted by atomic mass is 19.4. The number of carbonyl (C=O) groups excluding carboxylic acids is 1. The van der Waals surface area contributed by atoms with E-state index >= 15 is 0 Å². The molecule has 2 heterocycles. The average molecular weight is 511 g/mol. The van der Waals surface area contributed by atoms with Crippen LogP contribution in [0.4, 0.5) is 26.5 Å². The molecule has 0 spiro atoms. The van der Waals surface area contributed by atoms with Crippen LogP contribution in [0.15, 0.2) is 60.8 Å². The van der Waals surface area contributed by atoms with Gasteiger partial charge in [-0.15, -0.1) is 0 Å². The third kappa shape index (κ3) is 4.94. The Kier molecular flexibility index (Phi) is 6.96. The van der Waals surface area contributed by atoms with Crippen molar-refractivity contribution in [2.24, 2.45) is 0 Å². The number of hydrogen-bond acceptors (Lipinski definition) is 3. The molecule has 3 aromatic rings. The minimum Gasteiger partial charge on any atom is -0.246 e. The Morgan fingerprint density at radius 3 is 2.08 bits per heavy atom. The van der Waals surface area contributed by atoms with Gasteiger partial charge >= 0.3 is 12.1 Å². The molecule has 0 saturated carbocycles. The van der Waals surface area contributed by atoms with Crippen molar-refractivity contribution in [3.8, 4) is 11.3 Å². The molecular weight excluding hydrogens is 486 g/mol. The van der Waals surface area contributed by atoms with E-state index in [9.17, 15) is 31.3 Å². The van der Waals surface area contributed by atoms with Crippen LogP contribution in [-0.2, 0) is 28.0 Å². The number of rotatable bonds is 6. The van der Waals surface area contributed by atoms with Gasteiger partial charge in [-0.25, -0.2) is 14.7 Å². The van der Waals surface area contributed by atoms with E-state index in [0.717, 1.165) is 6.07 Å². The fourth-order valence-electron chi connectivity index (χ4n) is 4.08. The molecule has 0 bridgehead atoms. The van der Waals surface area contributed by atoms with E-state index in [1.807, 2.05) is 0 Å². The number of hydrogen-bond donors (Lipinski definition) is 0. The van der Waals surface area contributed by atoms with Gasteiger partial charge in [0.1, 0.15) is 5.69 Å². The molecule has 0 aliphatic carbocycles. The summed E-state index contributed by atoms with van der Waals surface area (Å²) in [5.74, 6) is -4.83. The molecule has 0 fully saturated rings. The number of alkyl halides is 5. The summed E-state index contributed by atoms with van der Waals surface area (Å²) in [5, 5.41) is 0. The molecule has 1 aromatic carbocycles. The second kappa shape index (κ2) is 9.22. The van der Waals surface area contributed by atoms with Crippen molar-refractivity contribution in [2.75, 3.05) is 0 Å². The number of carbonyl (C=O) groups is 1. The largest absolute Gasteiger partial charge is 0.442 e. The van der Waals surface area contributed by atoms with Gasteiger partial charge in [-0.05, 0) is 37.6 Å². The Morgan fingerprint density at radius 2 is 1.50 bits per heavy atom. The number of benzene rings is 1. The zero-order chi connectivity index (χ0) is 27.1. The van der Waals surface area contributed by atoms with Crippen molar-refractivity contribution < 1.29 is 40.8 Å². The van der Waals surface area contributed by atoms with Crippen LogP contribution in [0, 0.1) is 0 Å². The van der Waals surface area contributed by atoms with Crippen molar-refractivity contribution in [1.82, 2.24) is 4.98 Å². The van der Waals surface area contributed by atoms with Gasteiger partial charge in [-0.1, -0.05) is 24.3 Å². The normalized spacial score (nSPS) is 13.0. The molecule has 3 rings (SSSR count). The van der Waals surface area contributed by atoms with E-state index < -0.39 is 40.3 Å². The van der Waals surface area contributed by atoms with Crippen LogP contribution in [0.3, 0.4) is 0 Å². The fraction of sp³-hybridized carbons (Fsp3) is 0.346. The smallest absolute Gasteiger partial charge is 0.246 e. The van der Waals surface area contributed by atoms with Gasteiger partial charge in [0.15, 0.2) is 11.7 Å². The molecule has 0 saturated heterocycles. The summed E-state index contributed by atoms with van der Waals surface area (Å²) in [7, 11) is 0. The van der Waals surface area contributed by atoms with E-state index in [1.54, 1.807) is 58.2 Å². The molecule has 36 heavy (non-hydrogen) atoms. The molecule has 4 nitrogen and oxygen atoms in total. The Morgan fingerprint density at radius 1 is 0.889 bits per heavy atom. The summed E-state index contributed by atoms with van der Waals surface area (Å²) >= 11 is 0. The zero-order valence-corrected chi connectivity index (χ0v) is 20.3. The van der Waals surface area contributed by atoms with E-state index in [2.05, 4.69) is 9.93 Å². The maximum absolute atomic E-state index is 14.1. The van der Waals surface area contributed by atoms with Crippen molar-refractivity contribution in [2.45, 2.75) is 57.7 Å². The molecule has 0 radical (unpaired) electrons. The Bertz CT molecular complexity index is 1250. The lowest BCUT2D eigenvalue weighted by atomic mass is 9.67. The molecular formula is C26H25F6N2O2+. The van der Waals surface area contributed by atoms with Gasteiger partial charge in [0, 0.05) is 43.0 Å².